The summed E-state index contributed by atoms with van der Waals surface area (Å²) >= 11 is 0. The van der Waals surface area contributed by atoms with Crippen molar-refractivity contribution in [1.29, 1.82) is 0 Å². The molecule has 4 rings (SSSR count). The Balaban J connectivity index is 1.82. The lowest BCUT2D eigenvalue weighted by atomic mass is 10.1. The summed E-state index contributed by atoms with van der Waals surface area (Å²) in [5, 5.41) is 5.55. The number of nitrogens with zero attached hydrogens (tertiary/aromatic N) is 3. The molecule has 3 aromatic rings. The van der Waals surface area contributed by atoms with E-state index in [1.807, 2.05) is 36.4 Å². The number of ether oxygens (including phenoxy) is 1. The maximum Gasteiger partial charge on any atom is 0.275 e. The molecule has 1 saturated heterocycles. The molecule has 1 fully saturated rings. The summed E-state index contributed by atoms with van der Waals surface area (Å²) in [6, 6.07) is 16.8. The molecule has 0 unspecified atom stereocenters. The van der Waals surface area contributed by atoms with Crippen LogP contribution in [-0.4, -0.2) is 46.9 Å². The van der Waals surface area contributed by atoms with Crippen LogP contribution in [-0.2, 0) is 11.3 Å². The molecule has 2 heterocycles. The Bertz CT molecular complexity index is 992. The number of carbonyl (C=O) groups excluding carboxylic acids is 1. The van der Waals surface area contributed by atoms with Crippen molar-refractivity contribution < 1.29 is 9.53 Å². The van der Waals surface area contributed by atoms with Crippen LogP contribution in [0.2, 0.25) is 0 Å². The highest BCUT2D eigenvalue weighted by Crippen LogP contribution is 2.16. The summed E-state index contributed by atoms with van der Waals surface area (Å²) < 4.78 is 6.71. The Kier molecular flexibility index (Phi) is 4.50. The summed E-state index contributed by atoms with van der Waals surface area (Å²) in [5.41, 5.74) is 1.09. The van der Waals surface area contributed by atoms with Crippen LogP contribution in [0.25, 0.3) is 10.8 Å². The van der Waals surface area contributed by atoms with Gasteiger partial charge in [0.25, 0.3) is 11.5 Å². The summed E-state index contributed by atoms with van der Waals surface area (Å²) in [6.07, 6.45) is 0. The zero-order chi connectivity index (χ0) is 17.9. The van der Waals surface area contributed by atoms with E-state index in [1.54, 1.807) is 23.1 Å². The fourth-order valence-corrected chi connectivity index (χ4v) is 3.17. The summed E-state index contributed by atoms with van der Waals surface area (Å²) in [6.45, 7) is 2.44. The van der Waals surface area contributed by atoms with Crippen LogP contribution in [0.4, 0.5) is 0 Å². The van der Waals surface area contributed by atoms with Crippen LogP contribution >= 0.6 is 0 Å². The predicted octanol–water partition coefficient (Wildman–Crippen LogP) is 1.92. The van der Waals surface area contributed by atoms with Gasteiger partial charge in [0.15, 0.2) is 5.69 Å². The maximum absolute atomic E-state index is 13.0. The number of carbonyl (C=O) groups is 1. The lowest BCUT2D eigenvalue weighted by Gasteiger charge is -2.27. The minimum Gasteiger partial charge on any atom is -0.378 e. The molecule has 132 valence electrons. The zero-order valence-corrected chi connectivity index (χ0v) is 14.3. The van der Waals surface area contributed by atoms with Crippen molar-refractivity contribution >= 4 is 16.7 Å². The van der Waals surface area contributed by atoms with Crippen molar-refractivity contribution in [3.05, 3.63) is 76.2 Å². The minimum absolute atomic E-state index is 0.161. The van der Waals surface area contributed by atoms with E-state index in [0.29, 0.717) is 49.3 Å². The second kappa shape index (κ2) is 7.09. The molecule has 0 aliphatic carbocycles. The Morgan fingerprint density at radius 3 is 2.35 bits per heavy atom. The molecule has 1 amide bonds. The molecule has 0 bridgehead atoms. The lowest BCUT2D eigenvalue weighted by Crippen LogP contribution is -2.42. The zero-order valence-electron chi connectivity index (χ0n) is 14.3. The molecule has 6 heteroatoms. The fraction of sp³-hybridized carbons (Fsp3) is 0.250. The van der Waals surface area contributed by atoms with Gasteiger partial charge in [-0.25, -0.2) is 4.68 Å². The third-order valence-corrected chi connectivity index (χ3v) is 4.54. The first-order chi connectivity index (χ1) is 12.7. The molecule has 0 atom stereocenters. The molecule has 26 heavy (non-hydrogen) atoms. The van der Waals surface area contributed by atoms with E-state index in [2.05, 4.69) is 5.10 Å². The van der Waals surface area contributed by atoms with Crippen LogP contribution in [0.3, 0.4) is 0 Å². The number of benzene rings is 2. The summed E-state index contributed by atoms with van der Waals surface area (Å²) in [5.74, 6) is -0.161. The molecule has 0 saturated carbocycles. The smallest absolute Gasteiger partial charge is 0.275 e. The molecule has 0 radical (unpaired) electrons. The molecule has 1 aromatic heterocycles. The van der Waals surface area contributed by atoms with Crippen molar-refractivity contribution in [2.75, 3.05) is 26.3 Å². The molecule has 1 aliphatic heterocycles. The van der Waals surface area contributed by atoms with Gasteiger partial charge in [-0.2, -0.15) is 5.10 Å². The molecular formula is C20H19N3O3. The van der Waals surface area contributed by atoms with E-state index in [-0.39, 0.29) is 11.5 Å². The number of hydrogen-bond donors (Lipinski definition) is 0. The largest absolute Gasteiger partial charge is 0.378 e. The second-order valence-electron chi connectivity index (χ2n) is 6.25. The van der Waals surface area contributed by atoms with Crippen molar-refractivity contribution in [2.24, 2.45) is 0 Å². The Morgan fingerprint density at radius 2 is 1.62 bits per heavy atom. The fourth-order valence-electron chi connectivity index (χ4n) is 3.17. The molecule has 0 N–H and O–H groups in total. The van der Waals surface area contributed by atoms with E-state index >= 15 is 0 Å². The molecule has 2 aromatic carbocycles. The number of amides is 1. The van der Waals surface area contributed by atoms with Gasteiger partial charge in [0.1, 0.15) is 0 Å². The Morgan fingerprint density at radius 1 is 0.962 bits per heavy atom. The van der Waals surface area contributed by atoms with Crippen LogP contribution < -0.4 is 5.56 Å². The van der Waals surface area contributed by atoms with Gasteiger partial charge in [0.2, 0.25) is 0 Å². The van der Waals surface area contributed by atoms with Gasteiger partial charge in [0.05, 0.1) is 25.1 Å². The van der Waals surface area contributed by atoms with Crippen LogP contribution in [0, 0.1) is 0 Å². The monoisotopic (exact) mass is 349 g/mol. The number of morpholine rings is 1. The highest BCUT2D eigenvalue weighted by molar-refractivity contribution is 6.04. The minimum atomic E-state index is -0.192. The van der Waals surface area contributed by atoms with Crippen molar-refractivity contribution in [2.45, 2.75) is 6.54 Å². The molecule has 6 nitrogen and oxygen atoms in total. The van der Waals surface area contributed by atoms with E-state index in [1.165, 1.54) is 4.68 Å². The first-order valence-corrected chi connectivity index (χ1v) is 8.65. The average Bonchev–Trinajstić information content (AvgIpc) is 2.71. The Hall–Kier alpha value is -2.99. The second-order valence-corrected chi connectivity index (χ2v) is 6.25. The van der Waals surface area contributed by atoms with E-state index in [4.69, 9.17) is 4.74 Å². The average molecular weight is 349 g/mol. The van der Waals surface area contributed by atoms with Crippen molar-refractivity contribution in [3.63, 3.8) is 0 Å². The SMILES string of the molecule is O=C(c1nn(Cc2ccccc2)c(=O)c2ccccc12)N1CCOCC1. The van der Waals surface area contributed by atoms with Crippen molar-refractivity contribution in [1.82, 2.24) is 14.7 Å². The van der Waals surface area contributed by atoms with E-state index in [9.17, 15) is 9.59 Å². The van der Waals surface area contributed by atoms with Gasteiger partial charge in [-0.3, -0.25) is 9.59 Å². The number of fused-ring (bicyclic) bond motifs is 1. The first kappa shape index (κ1) is 16.5. The normalized spacial score (nSPS) is 14.5. The van der Waals surface area contributed by atoms with Gasteiger partial charge >= 0.3 is 0 Å². The first-order valence-electron chi connectivity index (χ1n) is 8.65. The standard InChI is InChI=1S/C20H19N3O3/c24-19-17-9-5-4-8-16(17)18(20(25)22-10-12-26-13-11-22)21-23(19)14-15-6-2-1-3-7-15/h1-9H,10-14H2. The van der Waals surface area contributed by atoms with Crippen LogP contribution in [0.1, 0.15) is 16.1 Å². The van der Waals surface area contributed by atoms with Crippen molar-refractivity contribution in [3.8, 4) is 0 Å². The van der Waals surface area contributed by atoms with E-state index in [0.717, 1.165) is 5.56 Å². The topological polar surface area (TPSA) is 64.4 Å². The lowest BCUT2D eigenvalue weighted by molar-refractivity contribution is 0.0299. The number of hydrogen-bond acceptors (Lipinski definition) is 4. The van der Waals surface area contributed by atoms with Gasteiger partial charge in [-0.1, -0.05) is 48.5 Å². The third-order valence-electron chi connectivity index (χ3n) is 4.54. The van der Waals surface area contributed by atoms with Crippen LogP contribution in [0.15, 0.2) is 59.4 Å². The van der Waals surface area contributed by atoms with Gasteiger partial charge in [-0.15, -0.1) is 0 Å². The molecular weight excluding hydrogens is 330 g/mol. The van der Waals surface area contributed by atoms with E-state index < -0.39 is 0 Å². The van der Waals surface area contributed by atoms with Gasteiger partial charge in [0, 0.05) is 18.5 Å². The van der Waals surface area contributed by atoms with Crippen LogP contribution in [0.5, 0.6) is 0 Å². The van der Waals surface area contributed by atoms with Gasteiger partial charge in [-0.05, 0) is 11.6 Å². The maximum atomic E-state index is 13.0. The predicted molar refractivity (Wildman–Crippen MR) is 98.3 cm³/mol. The highest BCUT2D eigenvalue weighted by atomic mass is 16.5. The Labute approximate surface area is 150 Å². The third kappa shape index (κ3) is 3.11. The molecule has 1 aliphatic rings. The number of aromatic nitrogens is 2. The number of rotatable bonds is 3. The van der Waals surface area contributed by atoms with Gasteiger partial charge < -0.3 is 9.64 Å². The quantitative estimate of drug-likeness (QED) is 0.725. The summed E-state index contributed by atoms with van der Waals surface area (Å²) in [7, 11) is 0. The molecule has 0 spiro atoms. The highest BCUT2D eigenvalue weighted by Gasteiger charge is 2.23. The summed E-state index contributed by atoms with van der Waals surface area (Å²) in [4.78, 5) is 27.6.